The second-order valence-electron chi connectivity index (χ2n) is 2.77. The third kappa shape index (κ3) is 4.51. The van der Waals surface area contributed by atoms with Crippen LogP contribution in [0.3, 0.4) is 0 Å². The van der Waals surface area contributed by atoms with E-state index in [-0.39, 0.29) is 5.75 Å². The summed E-state index contributed by atoms with van der Waals surface area (Å²) >= 11 is 11.5. The zero-order chi connectivity index (χ0) is 10.8. The van der Waals surface area contributed by atoms with Gasteiger partial charge in [-0.15, -0.1) is 0 Å². The van der Waals surface area contributed by atoms with E-state index in [1.54, 1.807) is 18.2 Å². The maximum Gasteiger partial charge on any atom is 0.232 e. The largest absolute Gasteiger partial charge is 0.232 e. The molecule has 0 amide bonds. The number of halogens is 3. The normalized spacial score (nSPS) is 11.6. The minimum absolute atomic E-state index is 0.120. The van der Waals surface area contributed by atoms with Crippen LogP contribution in [0.15, 0.2) is 18.2 Å². The molecule has 6 heteroatoms. The Bertz CT molecular complexity index is 408. The van der Waals surface area contributed by atoms with Gasteiger partial charge in [0.05, 0.1) is 5.75 Å². The third-order valence-electron chi connectivity index (χ3n) is 1.56. The number of aryl methyl sites for hydroxylation is 1. The molecule has 0 N–H and O–H groups in total. The van der Waals surface area contributed by atoms with Gasteiger partial charge in [0.1, 0.15) is 0 Å². The van der Waals surface area contributed by atoms with Crippen LogP contribution in [0, 0.1) is 0 Å². The highest BCUT2D eigenvalue weighted by Gasteiger charge is 2.06. The maximum atomic E-state index is 10.7. The van der Waals surface area contributed by atoms with Crippen molar-refractivity contribution in [1.29, 1.82) is 0 Å². The molecule has 0 aliphatic heterocycles. The predicted molar refractivity (Wildman–Crippen MR) is 59.8 cm³/mol. The Hall–Kier alpha value is 0.0400. The van der Waals surface area contributed by atoms with Crippen LogP contribution in [0.2, 0.25) is 10.0 Å². The fraction of sp³-hybridized carbons (Fsp3) is 0.250. The van der Waals surface area contributed by atoms with Gasteiger partial charge in [0.15, 0.2) is 0 Å². The van der Waals surface area contributed by atoms with Crippen molar-refractivity contribution in [3.8, 4) is 0 Å². The van der Waals surface area contributed by atoms with E-state index in [1.807, 2.05) is 0 Å². The van der Waals surface area contributed by atoms with Crippen molar-refractivity contribution in [2.45, 2.75) is 6.42 Å². The van der Waals surface area contributed by atoms with Crippen LogP contribution in [-0.4, -0.2) is 14.2 Å². The van der Waals surface area contributed by atoms with E-state index in [2.05, 4.69) is 0 Å². The van der Waals surface area contributed by atoms with Crippen molar-refractivity contribution < 1.29 is 8.42 Å². The highest BCUT2D eigenvalue weighted by atomic mass is 35.7. The standard InChI is InChI=1S/C8H7Cl3O2S/c9-7-3-6(4-8(10)5-7)1-2-14(11,12)13/h3-5H,1-2H2. The average molecular weight is 274 g/mol. The minimum atomic E-state index is -3.46. The lowest BCUT2D eigenvalue weighted by Crippen LogP contribution is -2.00. The van der Waals surface area contributed by atoms with Crippen molar-refractivity contribution in [3.63, 3.8) is 0 Å². The van der Waals surface area contributed by atoms with Gasteiger partial charge >= 0.3 is 0 Å². The van der Waals surface area contributed by atoms with Crippen LogP contribution < -0.4 is 0 Å². The molecule has 0 spiro atoms. The molecule has 0 aromatic heterocycles. The molecule has 0 aliphatic rings. The monoisotopic (exact) mass is 272 g/mol. The summed E-state index contributed by atoms with van der Waals surface area (Å²) in [4.78, 5) is 0. The molecule has 2 nitrogen and oxygen atoms in total. The fourth-order valence-corrected chi connectivity index (χ4v) is 2.28. The maximum absolute atomic E-state index is 10.7. The lowest BCUT2D eigenvalue weighted by atomic mass is 10.2. The van der Waals surface area contributed by atoms with E-state index in [4.69, 9.17) is 33.9 Å². The Morgan fingerprint density at radius 1 is 1.07 bits per heavy atom. The Morgan fingerprint density at radius 2 is 1.57 bits per heavy atom. The number of hydrogen-bond donors (Lipinski definition) is 0. The van der Waals surface area contributed by atoms with Crippen LogP contribution in [-0.2, 0) is 15.5 Å². The highest BCUT2D eigenvalue weighted by molar-refractivity contribution is 8.13. The van der Waals surface area contributed by atoms with Gasteiger partial charge < -0.3 is 0 Å². The molecule has 14 heavy (non-hydrogen) atoms. The van der Waals surface area contributed by atoms with Crippen LogP contribution in [0.4, 0.5) is 0 Å². The molecule has 1 aromatic carbocycles. The van der Waals surface area contributed by atoms with Crippen LogP contribution >= 0.6 is 33.9 Å². The van der Waals surface area contributed by atoms with Gasteiger partial charge in [0, 0.05) is 20.7 Å². The zero-order valence-electron chi connectivity index (χ0n) is 7.00. The molecule has 1 aromatic rings. The molecule has 0 saturated heterocycles. The third-order valence-corrected chi connectivity index (χ3v) is 3.15. The quantitative estimate of drug-likeness (QED) is 0.793. The van der Waals surface area contributed by atoms with E-state index in [0.717, 1.165) is 5.56 Å². The molecule has 78 valence electrons. The first-order valence-corrected chi connectivity index (χ1v) is 6.97. The lowest BCUT2D eigenvalue weighted by molar-refractivity contribution is 0.609. The topological polar surface area (TPSA) is 34.1 Å². The van der Waals surface area contributed by atoms with Crippen molar-refractivity contribution in [2.75, 3.05) is 5.75 Å². The van der Waals surface area contributed by atoms with Gasteiger partial charge in [-0.3, -0.25) is 0 Å². The molecule has 1 rings (SSSR count). The molecule has 0 aliphatic carbocycles. The van der Waals surface area contributed by atoms with Crippen molar-refractivity contribution >= 4 is 42.9 Å². The van der Waals surface area contributed by atoms with E-state index in [9.17, 15) is 8.42 Å². The molecule has 0 atom stereocenters. The van der Waals surface area contributed by atoms with Crippen molar-refractivity contribution in [1.82, 2.24) is 0 Å². The Kier molecular flexibility index (Phi) is 4.07. The van der Waals surface area contributed by atoms with Gasteiger partial charge in [0.2, 0.25) is 9.05 Å². The summed E-state index contributed by atoms with van der Waals surface area (Å²) in [7, 11) is 1.61. The average Bonchev–Trinajstić information content (AvgIpc) is 1.97. The van der Waals surface area contributed by atoms with E-state index >= 15 is 0 Å². The predicted octanol–water partition coefficient (Wildman–Crippen LogP) is 3.10. The molecule has 0 radical (unpaired) electrons. The van der Waals surface area contributed by atoms with Crippen molar-refractivity contribution in [2.24, 2.45) is 0 Å². The summed E-state index contributed by atoms with van der Waals surface area (Å²) in [5, 5.41) is 0.971. The SMILES string of the molecule is O=S(=O)(Cl)CCc1cc(Cl)cc(Cl)c1. The van der Waals surface area contributed by atoms with E-state index < -0.39 is 9.05 Å². The number of rotatable bonds is 3. The number of benzene rings is 1. The highest BCUT2D eigenvalue weighted by Crippen LogP contribution is 2.19. The fourth-order valence-electron chi connectivity index (χ4n) is 0.995. The lowest BCUT2D eigenvalue weighted by Gasteiger charge is -2.01. The smallest absolute Gasteiger partial charge is 0.212 e. The molecule has 0 fully saturated rings. The summed E-state index contributed by atoms with van der Waals surface area (Å²) < 4.78 is 21.3. The van der Waals surface area contributed by atoms with Gasteiger partial charge in [-0.05, 0) is 30.2 Å². The summed E-state index contributed by atoms with van der Waals surface area (Å²) in [6.45, 7) is 0. The second-order valence-corrected chi connectivity index (χ2v) is 6.54. The first kappa shape index (κ1) is 12.1. The minimum Gasteiger partial charge on any atom is -0.212 e. The van der Waals surface area contributed by atoms with Crippen LogP contribution in [0.1, 0.15) is 5.56 Å². The summed E-state index contributed by atoms with van der Waals surface area (Å²) in [5.41, 5.74) is 0.756. The molecule has 0 saturated carbocycles. The van der Waals surface area contributed by atoms with Crippen molar-refractivity contribution in [3.05, 3.63) is 33.8 Å². The van der Waals surface area contributed by atoms with Gasteiger partial charge in [-0.1, -0.05) is 23.2 Å². The molecular weight excluding hydrogens is 267 g/mol. The second kappa shape index (κ2) is 4.71. The van der Waals surface area contributed by atoms with E-state index in [1.165, 1.54) is 0 Å². The van der Waals surface area contributed by atoms with Gasteiger partial charge in [-0.2, -0.15) is 0 Å². The van der Waals surface area contributed by atoms with Gasteiger partial charge in [0.25, 0.3) is 0 Å². The zero-order valence-corrected chi connectivity index (χ0v) is 10.1. The first-order valence-electron chi connectivity index (χ1n) is 3.74. The molecule has 0 bridgehead atoms. The molecule has 0 unspecified atom stereocenters. The van der Waals surface area contributed by atoms with Gasteiger partial charge in [-0.25, -0.2) is 8.42 Å². The Balaban J connectivity index is 2.78. The summed E-state index contributed by atoms with van der Waals surface area (Å²) in [6.07, 6.45) is 0.312. The summed E-state index contributed by atoms with van der Waals surface area (Å²) in [5.74, 6) is -0.120. The Labute approximate surface area is 97.2 Å². The van der Waals surface area contributed by atoms with Crippen LogP contribution in [0.5, 0.6) is 0 Å². The summed E-state index contributed by atoms with van der Waals surface area (Å²) in [6, 6.07) is 4.91. The molecular formula is C8H7Cl3O2S. The number of hydrogen-bond acceptors (Lipinski definition) is 2. The van der Waals surface area contributed by atoms with E-state index in [0.29, 0.717) is 16.5 Å². The molecule has 0 heterocycles. The first-order chi connectivity index (χ1) is 6.37. The Morgan fingerprint density at radius 3 is 2.00 bits per heavy atom. The van der Waals surface area contributed by atoms with Crippen LogP contribution in [0.25, 0.3) is 0 Å².